The highest BCUT2D eigenvalue weighted by Gasteiger charge is 2.50. The van der Waals surface area contributed by atoms with Gasteiger partial charge in [0.25, 0.3) is 17.7 Å². The first-order chi connectivity index (χ1) is 29.2. The first-order valence-corrected chi connectivity index (χ1v) is 21.1. The molecular formula is C42H47ClF3N11O4. The molecule has 4 saturated heterocycles. The summed E-state index contributed by atoms with van der Waals surface area (Å²) in [6, 6.07) is 8.57. The lowest BCUT2D eigenvalue weighted by Gasteiger charge is -2.51. The van der Waals surface area contributed by atoms with Gasteiger partial charge in [0.1, 0.15) is 11.5 Å². The van der Waals surface area contributed by atoms with Crippen LogP contribution < -0.4 is 26.2 Å². The second kappa shape index (κ2) is 15.8. The molecule has 1 spiro atoms. The van der Waals surface area contributed by atoms with E-state index < -0.39 is 41.5 Å². The number of halogens is 4. The summed E-state index contributed by atoms with van der Waals surface area (Å²) in [5, 5.41) is 10.0. The van der Waals surface area contributed by atoms with Gasteiger partial charge >= 0.3 is 6.03 Å². The minimum absolute atomic E-state index is 0.0442. The standard InChI is InChI=1S/C42H47ClF3N11O4/c1-48-30-21-35(51-57-33(37(47)59)22-49-38(30)57)55-13-5-26-25(3-2-4-31(26)55)23-52-12-6-34(42(45,46)24-52)53-15-8-41(9-16-53)10-17-54(18-11-41)39(60)27-19-32(28(43)20-29(27)44)56-14-7-36(58)50-40(56)61/h2-4,19-22,34,48H,5-18,23-24H2,1H3,(H2,47,59)(H,50,58,61). The maximum Gasteiger partial charge on any atom is 0.328 e. The molecule has 0 aliphatic carbocycles. The van der Waals surface area contributed by atoms with E-state index in [1.54, 1.807) is 11.9 Å². The van der Waals surface area contributed by atoms with Crippen molar-refractivity contribution in [2.45, 2.75) is 63.5 Å². The van der Waals surface area contributed by atoms with Crippen molar-refractivity contribution in [3.8, 4) is 0 Å². The van der Waals surface area contributed by atoms with E-state index in [1.807, 2.05) is 34.1 Å². The molecule has 9 rings (SSSR count). The predicted molar refractivity (Wildman–Crippen MR) is 222 cm³/mol. The second-order valence-corrected chi connectivity index (χ2v) is 17.3. The maximum atomic E-state index is 16.1. The molecule has 15 nitrogen and oxygen atoms in total. The number of imide groups is 1. The van der Waals surface area contributed by atoms with Gasteiger partial charge in [-0.05, 0) is 86.4 Å². The van der Waals surface area contributed by atoms with Gasteiger partial charge in [0, 0.05) is 64.5 Å². The summed E-state index contributed by atoms with van der Waals surface area (Å²) < 4.78 is 48.9. The molecule has 5 aliphatic rings. The Morgan fingerprint density at radius 2 is 1.70 bits per heavy atom. The number of carbonyl (C=O) groups is 4. The van der Waals surface area contributed by atoms with Gasteiger partial charge in [-0.15, -0.1) is 5.10 Å². The molecule has 4 aromatic rings. The molecule has 19 heteroatoms. The molecule has 5 aliphatic heterocycles. The van der Waals surface area contributed by atoms with E-state index >= 15 is 13.2 Å². The monoisotopic (exact) mass is 861 g/mol. The summed E-state index contributed by atoms with van der Waals surface area (Å²) in [5.41, 5.74) is 9.82. The Hall–Kier alpha value is -5.46. The number of nitrogens with two attached hydrogens (primary N) is 1. The van der Waals surface area contributed by atoms with Crippen molar-refractivity contribution >= 4 is 63.9 Å². The lowest BCUT2D eigenvalue weighted by atomic mass is 9.70. The van der Waals surface area contributed by atoms with Crippen molar-refractivity contribution in [3.63, 3.8) is 0 Å². The van der Waals surface area contributed by atoms with Crippen molar-refractivity contribution in [2.24, 2.45) is 11.1 Å². The normalized spacial score (nSPS) is 21.9. The van der Waals surface area contributed by atoms with E-state index in [9.17, 15) is 19.2 Å². The van der Waals surface area contributed by atoms with Gasteiger partial charge in [-0.25, -0.2) is 27.5 Å². The van der Waals surface area contributed by atoms with Gasteiger partial charge < -0.3 is 20.9 Å². The van der Waals surface area contributed by atoms with Crippen LogP contribution in [0.5, 0.6) is 0 Å². The number of aromatic nitrogens is 3. The van der Waals surface area contributed by atoms with Gasteiger partial charge in [0.05, 0.1) is 40.7 Å². The number of piperidine rings is 3. The van der Waals surface area contributed by atoms with Crippen LogP contribution in [0, 0.1) is 11.2 Å². The van der Waals surface area contributed by atoms with Crippen LogP contribution in [0.3, 0.4) is 0 Å². The van der Waals surface area contributed by atoms with Crippen LogP contribution in [-0.2, 0) is 17.8 Å². The maximum absolute atomic E-state index is 16.1. The third kappa shape index (κ3) is 7.52. The molecule has 61 heavy (non-hydrogen) atoms. The number of rotatable bonds is 8. The highest BCUT2D eigenvalue weighted by molar-refractivity contribution is 6.34. The third-order valence-electron chi connectivity index (χ3n) is 13.4. The largest absolute Gasteiger partial charge is 0.385 e. The van der Waals surface area contributed by atoms with Gasteiger partial charge in [0.15, 0.2) is 11.5 Å². The lowest BCUT2D eigenvalue weighted by Crippen LogP contribution is -2.60. The summed E-state index contributed by atoms with van der Waals surface area (Å²) in [6.07, 6.45) is 5.34. The fourth-order valence-electron chi connectivity index (χ4n) is 10.0. The highest BCUT2D eigenvalue weighted by Crippen LogP contribution is 2.45. The average molecular weight is 862 g/mol. The SMILES string of the molecule is CNc1cc(N2CCc3c(CN4CCC(N5CCC6(CCN(C(=O)c7cc(N8CCC(=O)NC8=O)c(Cl)cc7F)CC6)CC5)C(F)(F)C4)cccc32)nn2c(C(N)=O)cnc12. The summed E-state index contributed by atoms with van der Waals surface area (Å²) in [4.78, 5) is 62.8. The molecule has 322 valence electrons. The number of anilines is 4. The van der Waals surface area contributed by atoms with Crippen LogP contribution in [0.4, 0.5) is 40.8 Å². The van der Waals surface area contributed by atoms with Crippen LogP contribution >= 0.6 is 11.6 Å². The first-order valence-electron chi connectivity index (χ1n) is 20.7. The Balaban J connectivity index is 0.805. The van der Waals surface area contributed by atoms with E-state index in [0.29, 0.717) is 88.6 Å². The van der Waals surface area contributed by atoms with Crippen molar-refractivity contribution in [2.75, 3.05) is 74.5 Å². The van der Waals surface area contributed by atoms with E-state index in [1.165, 1.54) is 21.7 Å². The van der Waals surface area contributed by atoms with Crippen molar-refractivity contribution in [1.82, 2.24) is 34.6 Å². The zero-order valence-electron chi connectivity index (χ0n) is 33.7. The highest BCUT2D eigenvalue weighted by atomic mass is 35.5. The van der Waals surface area contributed by atoms with Gasteiger partial charge in [-0.2, -0.15) is 0 Å². The zero-order chi connectivity index (χ0) is 42.8. The molecule has 0 saturated carbocycles. The molecule has 4 N–H and O–H groups in total. The minimum Gasteiger partial charge on any atom is -0.385 e. The quantitative estimate of drug-likeness (QED) is 0.219. The van der Waals surface area contributed by atoms with Crippen LogP contribution in [0.15, 0.2) is 42.6 Å². The predicted octanol–water partition coefficient (Wildman–Crippen LogP) is 5.03. The van der Waals surface area contributed by atoms with Crippen molar-refractivity contribution < 1.29 is 32.3 Å². The number of imidazole rings is 1. The molecule has 5 amide bonds. The Bertz CT molecular complexity index is 2430. The summed E-state index contributed by atoms with van der Waals surface area (Å²) in [7, 11) is 1.77. The molecule has 0 bridgehead atoms. The molecular weight excluding hydrogens is 815 g/mol. The number of hydrogen-bond donors (Lipinski definition) is 3. The molecule has 1 unspecified atom stereocenters. The molecule has 7 heterocycles. The molecule has 4 fully saturated rings. The van der Waals surface area contributed by atoms with Gasteiger partial charge in [0.2, 0.25) is 5.91 Å². The topological polar surface area (TPSA) is 165 Å². The molecule has 0 radical (unpaired) electrons. The summed E-state index contributed by atoms with van der Waals surface area (Å²) in [5.74, 6) is -4.67. The number of nitrogens with one attached hydrogen (secondary N) is 2. The number of primary amides is 1. The number of urea groups is 1. The van der Waals surface area contributed by atoms with Crippen molar-refractivity contribution in [3.05, 3.63) is 75.8 Å². The number of alkyl halides is 2. The average Bonchev–Trinajstić information content (AvgIpc) is 3.87. The van der Waals surface area contributed by atoms with E-state index in [0.717, 1.165) is 35.7 Å². The Kier molecular flexibility index (Phi) is 10.6. The van der Waals surface area contributed by atoms with Crippen LogP contribution in [0.25, 0.3) is 5.65 Å². The molecule has 2 aromatic carbocycles. The number of carbonyl (C=O) groups excluding carboxylic acids is 4. The van der Waals surface area contributed by atoms with Crippen LogP contribution in [0.2, 0.25) is 5.02 Å². The number of likely N-dealkylation sites (tertiary alicyclic amines) is 3. The smallest absolute Gasteiger partial charge is 0.328 e. The summed E-state index contributed by atoms with van der Waals surface area (Å²) >= 11 is 6.28. The van der Waals surface area contributed by atoms with E-state index in [-0.39, 0.29) is 46.9 Å². The van der Waals surface area contributed by atoms with E-state index in [2.05, 4.69) is 20.5 Å². The van der Waals surface area contributed by atoms with E-state index in [4.69, 9.17) is 22.4 Å². The van der Waals surface area contributed by atoms with Crippen LogP contribution in [0.1, 0.15) is 70.5 Å². The fourth-order valence-corrected chi connectivity index (χ4v) is 10.3. The van der Waals surface area contributed by atoms with Gasteiger partial charge in [-0.3, -0.25) is 34.4 Å². The Morgan fingerprint density at radius 3 is 2.41 bits per heavy atom. The van der Waals surface area contributed by atoms with Gasteiger partial charge in [-0.1, -0.05) is 23.7 Å². The lowest BCUT2D eigenvalue weighted by molar-refractivity contribution is -0.139. The van der Waals surface area contributed by atoms with Crippen LogP contribution in [-0.4, -0.2) is 124 Å². The second-order valence-electron chi connectivity index (χ2n) is 16.9. The molecule has 2 aromatic heterocycles. The number of benzene rings is 2. The number of amides is 5. The minimum atomic E-state index is -2.92. The number of hydrogen-bond acceptors (Lipinski definition) is 10. The molecule has 1 atom stereocenters. The summed E-state index contributed by atoms with van der Waals surface area (Å²) in [6.45, 7) is 3.16. The first kappa shape index (κ1) is 40.9. The zero-order valence-corrected chi connectivity index (χ0v) is 34.5. The Morgan fingerprint density at radius 1 is 0.967 bits per heavy atom. The third-order valence-corrected chi connectivity index (χ3v) is 13.7. The van der Waals surface area contributed by atoms with Crippen molar-refractivity contribution in [1.29, 1.82) is 0 Å². The number of fused-ring (bicyclic) bond motifs is 2. The Labute approximate surface area is 354 Å². The number of nitrogens with zero attached hydrogens (tertiary/aromatic N) is 8. The fraction of sp³-hybridized carbons (Fsp3) is 0.476.